The number of fused-ring (bicyclic) bond motifs is 1. The van der Waals surface area contributed by atoms with Crippen molar-refractivity contribution in [3.8, 4) is 5.75 Å². The summed E-state index contributed by atoms with van der Waals surface area (Å²) >= 11 is 0. The van der Waals surface area contributed by atoms with E-state index < -0.39 is 0 Å². The molecule has 0 spiro atoms. The lowest BCUT2D eigenvalue weighted by Crippen LogP contribution is -2.46. The van der Waals surface area contributed by atoms with Crippen molar-refractivity contribution < 1.29 is 14.0 Å². The summed E-state index contributed by atoms with van der Waals surface area (Å²) in [6, 6.07) is 6.31. The molecular formula is C15H23B2NO3. The zero-order chi connectivity index (χ0) is 15.2. The molecule has 0 bridgehead atoms. The molecule has 0 radical (unpaired) electrons. The average Bonchev–Trinajstić information content (AvgIpc) is 2.80. The molecule has 0 aliphatic carbocycles. The molecule has 2 aliphatic rings. The van der Waals surface area contributed by atoms with Crippen molar-refractivity contribution in [1.29, 1.82) is 0 Å². The van der Waals surface area contributed by atoms with Crippen LogP contribution in [0.2, 0.25) is 13.6 Å². The van der Waals surface area contributed by atoms with Gasteiger partial charge in [-0.3, -0.25) is 0 Å². The van der Waals surface area contributed by atoms with Crippen LogP contribution in [0.1, 0.15) is 38.0 Å². The summed E-state index contributed by atoms with van der Waals surface area (Å²) in [6.07, 6.45) is 0.115. The molecule has 1 saturated heterocycles. The van der Waals surface area contributed by atoms with Crippen LogP contribution >= 0.6 is 0 Å². The lowest BCUT2D eigenvalue weighted by molar-refractivity contribution is 0.224. The lowest BCUT2D eigenvalue weighted by Gasteiger charge is -2.32. The van der Waals surface area contributed by atoms with E-state index in [9.17, 15) is 0 Å². The highest BCUT2D eigenvalue weighted by molar-refractivity contribution is 6.48. The van der Waals surface area contributed by atoms with Gasteiger partial charge >= 0.3 is 14.2 Å². The first-order valence-corrected chi connectivity index (χ1v) is 7.68. The van der Waals surface area contributed by atoms with Gasteiger partial charge in [0.15, 0.2) is 0 Å². The molecule has 2 aliphatic heterocycles. The van der Waals surface area contributed by atoms with Crippen LogP contribution in [0.15, 0.2) is 18.2 Å². The van der Waals surface area contributed by atoms with Gasteiger partial charge in [-0.15, -0.1) is 0 Å². The van der Waals surface area contributed by atoms with Crippen LogP contribution < -0.4 is 4.65 Å². The summed E-state index contributed by atoms with van der Waals surface area (Å²) in [7, 11) is -0.0268. The maximum absolute atomic E-state index is 6.14. The van der Waals surface area contributed by atoms with Gasteiger partial charge in [0.05, 0.1) is 12.7 Å². The Kier molecular flexibility index (Phi) is 3.80. The summed E-state index contributed by atoms with van der Waals surface area (Å²) in [4.78, 5) is 2.40. The second kappa shape index (κ2) is 5.34. The van der Waals surface area contributed by atoms with E-state index in [1.807, 2.05) is 12.9 Å². The fourth-order valence-corrected chi connectivity index (χ4v) is 3.13. The van der Waals surface area contributed by atoms with Crippen molar-refractivity contribution in [2.45, 2.75) is 52.7 Å². The predicted octanol–water partition coefficient (Wildman–Crippen LogP) is 3.00. The van der Waals surface area contributed by atoms with Crippen LogP contribution in [0.5, 0.6) is 5.75 Å². The van der Waals surface area contributed by atoms with Crippen LogP contribution in [0.25, 0.3) is 0 Å². The monoisotopic (exact) mass is 287 g/mol. The summed E-state index contributed by atoms with van der Waals surface area (Å²) < 4.78 is 17.4. The van der Waals surface area contributed by atoms with Crippen molar-refractivity contribution >= 4 is 14.2 Å². The fourth-order valence-electron chi connectivity index (χ4n) is 3.13. The van der Waals surface area contributed by atoms with Crippen molar-refractivity contribution in [2.75, 3.05) is 6.54 Å². The smallest absolute Gasteiger partial charge is 0.522 e. The van der Waals surface area contributed by atoms with Crippen LogP contribution in [0.3, 0.4) is 0 Å². The second-order valence-electron chi connectivity index (χ2n) is 6.91. The molecular weight excluding hydrogens is 264 g/mol. The normalized spacial score (nSPS) is 23.2. The highest BCUT2D eigenvalue weighted by Crippen LogP contribution is 2.34. The van der Waals surface area contributed by atoms with Crippen LogP contribution in [-0.2, 0) is 15.9 Å². The Morgan fingerprint density at radius 1 is 1.24 bits per heavy atom. The van der Waals surface area contributed by atoms with Crippen molar-refractivity contribution in [1.82, 2.24) is 4.81 Å². The molecule has 1 aromatic rings. The Balaban J connectivity index is 1.80. The third kappa shape index (κ3) is 2.98. The fraction of sp³-hybridized carbons (Fsp3) is 0.600. The third-order valence-corrected chi connectivity index (χ3v) is 4.25. The topological polar surface area (TPSA) is 30.9 Å². The van der Waals surface area contributed by atoms with Gasteiger partial charge in [-0.25, -0.2) is 0 Å². The van der Waals surface area contributed by atoms with Gasteiger partial charge in [-0.2, -0.15) is 0 Å². The Labute approximate surface area is 128 Å². The third-order valence-electron chi connectivity index (χ3n) is 4.25. The molecule has 1 fully saturated rings. The molecule has 112 valence electrons. The van der Waals surface area contributed by atoms with Crippen molar-refractivity contribution in [2.24, 2.45) is 0 Å². The van der Waals surface area contributed by atoms with Gasteiger partial charge in [-0.05, 0) is 52.1 Å². The summed E-state index contributed by atoms with van der Waals surface area (Å²) in [5.74, 6) is 0.927. The number of benzene rings is 1. The molecule has 0 amide bonds. The van der Waals surface area contributed by atoms with Gasteiger partial charge < -0.3 is 18.8 Å². The SMILES string of the molecule is CB1OCc2cc(C3CN(C(C)(C)C)B(C)O3)ccc2O1. The van der Waals surface area contributed by atoms with Gasteiger partial charge in [0, 0.05) is 17.6 Å². The standard InChI is InChI=1S/C15H23B2NO3/c1-15(2,3)18-9-14(20-16(18)4)11-6-7-13-12(8-11)10-19-17(5)21-13/h6-8,14H,9-10H2,1-5H3. The largest absolute Gasteiger partial charge is 0.536 e. The molecule has 2 heterocycles. The van der Waals surface area contributed by atoms with E-state index in [4.69, 9.17) is 14.0 Å². The molecule has 1 atom stereocenters. The van der Waals surface area contributed by atoms with E-state index in [-0.39, 0.29) is 25.8 Å². The first-order chi connectivity index (χ1) is 9.84. The zero-order valence-electron chi connectivity index (χ0n) is 13.6. The quantitative estimate of drug-likeness (QED) is 0.743. The molecule has 1 aromatic carbocycles. The number of hydrogen-bond acceptors (Lipinski definition) is 4. The van der Waals surface area contributed by atoms with E-state index in [0.29, 0.717) is 6.61 Å². The first-order valence-electron chi connectivity index (χ1n) is 7.68. The summed E-state index contributed by atoms with van der Waals surface area (Å²) in [5.41, 5.74) is 2.43. The predicted molar refractivity (Wildman–Crippen MR) is 85.4 cm³/mol. The van der Waals surface area contributed by atoms with E-state index in [1.165, 1.54) is 5.56 Å². The maximum Gasteiger partial charge on any atom is 0.522 e. The van der Waals surface area contributed by atoms with Crippen molar-refractivity contribution in [3.05, 3.63) is 29.3 Å². The number of rotatable bonds is 1. The highest BCUT2D eigenvalue weighted by atomic mass is 16.6. The number of hydrogen-bond donors (Lipinski definition) is 0. The van der Waals surface area contributed by atoms with Crippen LogP contribution in [0.4, 0.5) is 0 Å². The van der Waals surface area contributed by atoms with E-state index in [2.05, 4.69) is 44.5 Å². The lowest BCUT2D eigenvalue weighted by atomic mass is 9.81. The summed E-state index contributed by atoms with van der Waals surface area (Å²) in [5, 5.41) is 0. The van der Waals surface area contributed by atoms with Crippen LogP contribution in [-0.4, -0.2) is 31.1 Å². The van der Waals surface area contributed by atoms with Gasteiger partial charge in [-0.1, -0.05) is 6.07 Å². The van der Waals surface area contributed by atoms with E-state index in [1.54, 1.807) is 0 Å². The van der Waals surface area contributed by atoms with Crippen molar-refractivity contribution in [3.63, 3.8) is 0 Å². The van der Waals surface area contributed by atoms with Gasteiger partial charge in [0.1, 0.15) is 5.75 Å². The number of nitrogens with zero attached hydrogens (tertiary/aromatic N) is 1. The van der Waals surface area contributed by atoms with Gasteiger partial charge in [0.2, 0.25) is 0 Å². The second-order valence-corrected chi connectivity index (χ2v) is 6.91. The molecule has 4 nitrogen and oxygen atoms in total. The summed E-state index contributed by atoms with van der Waals surface area (Å²) in [6.45, 7) is 12.2. The Bertz CT molecular complexity index is 532. The molecule has 1 unspecified atom stereocenters. The zero-order valence-corrected chi connectivity index (χ0v) is 13.6. The first kappa shape index (κ1) is 14.9. The Hall–Kier alpha value is -0.970. The Morgan fingerprint density at radius 3 is 2.67 bits per heavy atom. The minimum Gasteiger partial charge on any atom is -0.536 e. The highest BCUT2D eigenvalue weighted by Gasteiger charge is 2.40. The molecule has 0 N–H and O–H groups in total. The van der Waals surface area contributed by atoms with Gasteiger partial charge in [0.25, 0.3) is 0 Å². The van der Waals surface area contributed by atoms with E-state index in [0.717, 1.165) is 17.9 Å². The Morgan fingerprint density at radius 2 is 2.00 bits per heavy atom. The van der Waals surface area contributed by atoms with E-state index >= 15 is 0 Å². The molecule has 21 heavy (non-hydrogen) atoms. The molecule has 6 heteroatoms. The minimum absolute atomic E-state index is 0.115. The van der Waals surface area contributed by atoms with Crippen LogP contribution in [0, 0.1) is 0 Å². The average molecular weight is 287 g/mol. The molecule has 3 rings (SSSR count). The molecule has 0 aromatic heterocycles. The minimum atomic E-state index is -0.164. The maximum atomic E-state index is 6.14. The molecule has 0 saturated carbocycles.